The third-order valence-electron chi connectivity index (χ3n) is 3.55. The highest BCUT2D eigenvalue weighted by atomic mass is 32.2. The maximum atomic E-state index is 12.0. The minimum atomic E-state index is -1.08. The zero-order valence-corrected chi connectivity index (χ0v) is 16.1. The molecule has 2 rings (SSSR count). The van der Waals surface area contributed by atoms with Crippen molar-refractivity contribution in [1.82, 2.24) is 25.4 Å². The molecule has 144 valence electrons. The zero-order valence-electron chi connectivity index (χ0n) is 15.3. The van der Waals surface area contributed by atoms with Gasteiger partial charge in [0.25, 0.3) is 5.91 Å². The van der Waals surface area contributed by atoms with E-state index in [1.807, 2.05) is 47.1 Å². The molecule has 0 radical (unpaired) electrons. The maximum Gasteiger partial charge on any atom is 0.321 e. The van der Waals surface area contributed by atoms with Gasteiger partial charge >= 0.3 is 12.0 Å². The lowest BCUT2D eigenvalue weighted by Gasteiger charge is -2.12. The molecule has 0 unspecified atom stereocenters. The molecular weight excluding hydrogens is 370 g/mol. The van der Waals surface area contributed by atoms with Crippen LogP contribution in [0.2, 0.25) is 0 Å². The number of amides is 3. The predicted octanol–water partition coefficient (Wildman–Crippen LogP) is 1.11. The summed E-state index contributed by atoms with van der Waals surface area (Å²) >= 11 is 1.17. The number of aryl methyl sites for hydroxylation is 1. The standard InChI is InChI=1S/C17H21N5O4S/c1-11(15(24)19-16(25)18-3)26-14(23)10-27-17-21-20-12(2)22(17)9-13-7-5-4-6-8-13/h4-8,11H,9-10H2,1-3H3,(H2,18,19,24,25)/t11-/m1/s1. The Kier molecular flexibility index (Phi) is 7.35. The number of nitrogens with zero attached hydrogens (tertiary/aromatic N) is 3. The zero-order chi connectivity index (χ0) is 19.8. The second-order valence-electron chi connectivity index (χ2n) is 5.59. The van der Waals surface area contributed by atoms with Crippen molar-refractivity contribution in [3.05, 3.63) is 41.7 Å². The van der Waals surface area contributed by atoms with Crippen LogP contribution >= 0.6 is 11.8 Å². The van der Waals surface area contributed by atoms with Crippen LogP contribution in [0.25, 0.3) is 0 Å². The third kappa shape index (κ3) is 6.10. The van der Waals surface area contributed by atoms with Crippen molar-refractivity contribution in [3.8, 4) is 0 Å². The first-order chi connectivity index (χ1) is 12.9. The molecule has 0 bridgehead atoms. The lowest BCUT2D eigenvalue weighted by molar-refractivity contribution is -0.151. The van der Waals surface area contributed by atoms with Gasteiger partial charge < -0.3 is 14.6 Å². The van der Waals surface area contributed by atoms with Crippen LogP contribution in [0.4, 0.5) is 4.79 Å². The van der Waals surface area contributed by atoms with E-state index in [4.69, 9.17) is 4.74 Å². The van der Waals surface area contributed by atoms with Gasteiger partial charge in [0.2, 0.25) is 0 Å². The van der Waals surface area contributed by atoms with Gasteiger partial charge in [0, 0.05) is 7.05 Å². The van der Waals surface area contributed by atoms with Crippen LogP contribution in [0.1, 0.15) is 18.3 Å². The van der Waals surface area contributed by atoms with Crippen LogP contribution in [-0.2, 0) is 20.9 Å². The number of rotatable bonds is 7. The molecule has 1 aromatic heterocycles. The van der Waals surface area contributed by atoms with E-state index in [1.165, 1.54) is 25.7 Å². The number of hydrogen-bond donors (Lipinski definition) is 2. The number of carbonyl (C=O) groups excluding carboxylic acids is 3. The summed E-state index contributed by atoms with van der Waals surface area (Å²) in [5.74, 6) is -0.597. The van der Waals surface area contributed by atoms with E-state index in [-0.39, 0.29) is 5.75 Å². The fourth-order valence-corrected chi connectivity index (χ4v) is 2.87. The largest absolute Gasteiger partial charge is 0.452 e. The summed E-state index contributed by atoms with van der Waals surface area (Å²) in [4.78, 5) is 34.8. The van der Waals surface area contributed by atoms with E-state index < -0.39 is 24.0 Å². The molecule has 2 N–H and O–H groups in total. The number of esters is 1. The van der Waals surface area contributed by atoms with Gasteiger partial charge in [0.15, 0.2) is 11.3 Å². The first kappa shape index (κ1) is 20.4. The van der Waals surface area contributed by atoms with Gasteiger partial charge in [-0.15, -0.1) is 10.2 Å². The molecule has 10 heteroatoms. The molecule has 1 aromatic carbocycles. The van der Waals surface area contributed by atoms with E-state index in [9.17, 15) is 14.4 Å². The van der Waals surface area contributed by atoms with Crippen LogP contribution in [0, 0.1) is 6.92 Å². The number of urea groups is 1. The van der Waals surface area contributed by atoms with Crippen molar-refractivity contribution in [2.24, 2.45) is 0 Å². The Morgan fingerprint density at radius 2 is 1.93 bits per heavy atom. The Balaban J connectivity index is 1.90. The minimum Gasteiger partial charge on any atom is -0.452 e. The van der Waals surface area contributed by atoms with Crippen LogP contribution in [0.5, 0.6) is 0 Å². The fourth-order valence-electron chi connectivity index (χ4n) is 2.10. The van der Waals surface area contributed by atoms with E-state index >= 15 is 0 Å². The van der Waals surface area contributed by atoms with Crippen molar-refractivity contribution in [3.63, 3.8) is 0 Å². The van der Waals surface area contributed by atoms with Gasteiger partial charge in [-0.05, 0) is 19.4 Å². The number of hydrogen-bond acceptors (Lipinski definition) is 7. The molecule has 0 aliphatic carbocycles. The average molecular weight is 391 g/mol. The molecular formula is C17H21N5O4S. The molecule has 0 aliphatic heterocycles. The van der Waals surface area contributed by atoms with E-state index in [0.717, 1.165) is 11.4 Å². The Bertz CT molecular complexity index is 809. The smallest absolute Gasteiger partial charge is 0.321 e. The molecule has 0 spiro atoms. The lowest BCUT2D eigenvalue weighted by atomic mass is 10.2. The van der Waals surface area contributed by atoms with Crippen LogP contribution < -0.4 is 10.6 Å². The van der Waals surface area contributed by atoms with E-state index in [1.54, 1.807) is 0 Å². The van der Waals surface area contributed by atoms with Crippen LogP contribution in [-0.4, -0.2) is 51.6 Å². The van der Waals surface area contributed by atoms with Gasteiger partial charge in [-0.2, -0.15) is 0 Å². The van der Waals surface area contributed by atoms with Gasteiger partial charge in [-0.25, -0.2) is 4.79 Å². The summed E-state index contributed by atoms with van der Waals surface area (Å²) in [6.45, 7) is 3.81. The van der Waals surface area contributed by atoms with Crippen molar-refractivity contribution in [2.45, 2.75) is 31.7 Å². The van der Waals surface area contributed by atoms with Crippen molar-refractivity contribution >= 4 is 29.7 Å². The SMILES string of the molecule is CNC(=O)NC(=O)[C@@H](C)OC(=O)CSc1nnc(C)n1Cc1ccccc1. The van der Waals surface area contributed by atoms with Gasteiger partial charge in [0.05, 0.1) is 12.3 Å². The highest BCUT2D eigenvalue weighted by Crippen LogP contribution is 2.19. The number of benzene rings is 1. The predicted molar refractivity (Wildman–Crippen MR) is 99.2 cm³/mol. The molecule has 0 fully saturated rings. The number of ether oxygens (including phenoxy) is 1. The van der Waals surface area contributed by atoms with Gasteiger partial charge in [-0.1, -0.05) is 42.1 Å². The number of aromatic nitrogens is 3. The monoisotopic (exact) mass is 391 g/mol. The maximum absolute atomic E-state index is 12.0. The summed E-state index contributed by atoms with van der Waals surface area (Å²) in [5, 5.41) is 13.0. The van der Waals surface area contributed by atoms with Gasteiger partial charge in [-0.3, -0.25) is 14.9 Å². The van der Waals surface area contributed by atoms with Crippen LogP contribution in [0.15, 0.2) is 35.5 Å². The molecule has 9 nitrogen and oxygen atoms in total. The number of imide groups is 1. The summed E-state index contributed by atoms with van der Waals surface area (Å²) in [6.07, 6.45) is -1.08. The summed E-state index contributed by atoms with van der Waals surface area (Å²) in [5.41, 5.74) is 1.09. The third-order valence-corrected chi connectivity index (χ3v) is 4.49. The number of nitrogens with one attached hydrogen (secondary N) is 2. The molecule has 3 amide bonds. The minimum absolute atomic E-state index is 0.0372. The molecule has 0 aliphatic rings. The Morgan fingerprint density at radius 3 is 2.59 bits per heavy atom. The quantitative estimate of drug-likeness (QED) is 0.537. The summed E-state index contributed by atoms with van der Waals surface area (Å²) in [6, 6.07) is 9.16. The van der Waals surface area contributed by atoms with Crippen molar-refractivity contribution < 1.29 is 19.1 Å². The molecule has 0 saturated carbocycles. The Morgan fingerprint density at radius 1 is 1.22 bits per heavy atom. The second-order valence-corrected chi connectivity index (χ2v) is 6.53. The van der Waals surface area contributed by atoms with Gasteiger partial charge in [0.1, 0.15) is 5.82 Å². The Labute approximate surface area is 160 Å². The van der Waals surface area contributed by atoms with Crippen LogP contribution in [0.3, 0.4) is 0 Å². The average Bonchev–Trinajstić information content (AvgIpc) is 3.00. The first-order valence-corrected chi connectivity index (χ1v) is 9.18. The number of carbonyl (C=O) groups is 3. The fraction of sp³-hybridized carbons (Fsp3) is 0.353. The topological polar surface area (TPSA) is 115 Å². The Hall–Kier alpha value is -2.88. The van der Waals surface area contributed by atoms with E-state index in [0.29, 0.717) is 11.7 Å². The van der Waals surface area contributed by atoms with Crippen molar-refractivity contribution in [2.75, 3.05) is 12.8 Å². The molecule has 2 aromatic rings. The molecule has 1 heterocycles. The molecule has 27 heavy (non-hydrogen) atoms. The molecule has 0 saturated heterocycles. The normalized spacial score (nSPS) is 11.5. The first-order valence-electron chi connectivity index (χ1n) is 8.19. The van der Waals surface area contributed by atoms with E-state index in [2.05, 4.69) is 15.5 Å². The lowest BCUT2D eigenvalue weighted by Crippen LogP contribution is -2.43. The highest BCUT2D eigenvalue weighted by molar-refractivity contribution is 7.99. The number of thioether (sulfide) groups is 1. The second kappa shape index (κ2) is 9.72. The van der Waals surface area contributed by atoms with Crippen molar-refractivity contribution in [1.29, 1.82) is 0 Å². The molecule has 1 atom stereocenters. The summed E-state index contributed by atoms with van der Waals surface area (Å²) in [7, 11) is 1.38. The summed E-state index contributed by atoms with van der Waals surface area (Å²) < 4.78 is 6.93. The highest BCUT2D eigenvalue weighted by Gasteiger charge is 2.20.